The Kier molecular flexibility index (Phi) is 5.98. The summed E-state index contributed by atoms with van der Waals surface area (Å²) in [6.45, 7) is 12.1. The maximum absolute atomic E-state index is 5.76. The SMILES string of the molecule is CC(=CCl)CN1CCCCC1CNC(C)(C)C. The second kappa shape index (κ2) is 6.77. The van der Waals surface area contributed by atoms with E-state index < -0.39 is 0 Å². The van der Waals surface area contributed by atoms with Gasteiger partial charge in [-0.3, -0.25) is 4.90 Å². The van der Waals surface area contributed by atoms with Crippen LogP contribution >= 0.6 is 11.6 Å². The van der Waals surface area contributed by atoms with Crippen molar-refractivity contribution in [3.63, 3.8) is 0 Å². The molecule has 1 aliphatic rings. The molecule has 2 nitrogen and oxygen atoms in total. The predicted molar refractivity (Wildman–Crippen MR) is 76.6 cm³/mol. The molecule has 0 saturated carbocycles. The van der Waals surface area contributed by atoms with Crippen molar-refractivity contribution in [2.45, 2.75) is 58.5 Å². The highest BCUT2D eigenvalue weighted by Crippen LogP contribution is 2.18. The van der Waals surface area contributed by atoms with E-state index in [1.165, 1.54) is 31.4 Å². The zero-order valence-electron chi connectivity index (χ0n) is 11.7. The van der Waals surface area contributed by atoms with Crippen molar-refractivity contribution < 1.29 is 0 Å². The molecule has 0 bridgehead atoms. The Morgan fingerprint density at radius 1 is 1.41 bits per heavy atom. The van der Waals surface area contributed by atoms with Crippen LogP contribution in [-0.2, 0) is 0 Å². The number of rotatable bonds is 4. The van der Waals surface area contributed by atoms with Crippen molar-refractivity contribution in [3.8, 4) is 0 Å². The molecule has 1 heterocycles. The summed E-state index contributed by atoms with van der Waals surface area (Å²) < 4.78 is 0. The molecule has 1 atom stereocenters. The zero-order chi connectivity index (χ0) is 12.9. The molecular formula is C14H27ClN2. The third kappa shape index (κ3) is 5.89. The molecule has 100 valence electrons. The van der Waals surface area contributed by atoms with Crippen LogP contribution in [-0.4, -0.2) is 36.1 Å². The number of halogens is 1. The van der Waals surface area contributed by atoms with Gasteiger partial charge in [0.15, 0.2) is 0 Å². The molecule has 1 aliphatic heterocycles. The van der Waals surface area contributed by atoms with E-state index in [-0.39, 0.29) is 5.54 Å². The van der Waals surface area contributed by atoms with Gasteiger partial charge in [-0.25, -0.2) is 0 Å². The van der Waals surface area contributed by atoms with Gasteiger partial charge >= 0.3 is 0 Å². The molecule has 0 aromatic carbocycles. The van der Waals surface area contributed by atoms with Crippen LogP contribution < -0.4 is 5.32 Å². The average molecular weight is 259 g/mol. The monoisotopic (exact) mass is 258 g/mol. The van der Waals surface area contributed by atoms with Crippen molar-refractivity contribution in [3.05, 3.63) is 11.1 Å². The number of nitrogens with zero attached hydrogens (tertiary/aromatic N) is 1. The Morgan fingerprint density at radius 2 is 2.12 bits per heavy atom. The smallest absolute Gasteiger partial charge is 0.0224 e. The minimum atomic E-state index is 0.209. The number of hydrogen-bond donors (Lipinski definition) is 1. The maximum Gasteiger partial charge on any atom is 0.0224 e. The van der Waals surface area contributed by atoms with Crippen LogP contribution in [0.4, 0.5) is 0 Å². The normalized spacial score (nSPS) is 24.1. The van der Waals surface area contributed by atoms with Gasteiger partial charge in [-0.05, 0) is 52.7 Å². The van der Waals surface area contributed by atoms with Gasteiger partial charge in [-0.15, -0.1) is 0 Å². The Balaban J connectivity index is 2.48. The summed E-state index contributed by atoms with van der Waals surface area (Å²) in [5.41, 5.74) is 3.18. The van der Waals surface area contributed by atoms with Crippen LogP contribution in [0, 0.1) is 0 Å². The quantitative estimate of drug-likeness (QED) is 0.832. The zero-order valence-corrected chi connectivity index (χ0v) is 12.5. The largest absolute Gasteiger partial charge is 0.311 e. The minimum Gasteiger partial charge on any atom is -0.311 e. The molecule has 0 aromatic heterocycles. The summed E-state index contributed by atoms with van der Waals surface area (Å²) in [6.07, 6.45) is 3.98. The molecule has 1 N–H and O–H groups in total. The molecule has 1 fully saturated rings. The van der Waals surface area contributed by atoms with Crippen LogP contribution in [0.2, 0.25) is 0 Å². The van der Waals surface area contributed by atoms with Gasteiger partial charge in [-0.1, -0.05) is 18.0 Å². The maximum atomic E-state index is 5.76. The molecule has 0 aromatic rings. The lowest BCUT2D eigenvalue weighted by atomic mass is 10.00. The van der Waals surface area contributed by atoms with E-state index >= 15 is 0 Å². The number of likely N-dealkylation sites (tertiary alicyclic amines) is 1. The molecule has 0 spiro atoms. The van der Waals surface area contributed by atoms with Gasteiger partial charge in [0.05, 0.1) is 0 Å². The highest BCUT2D eigenvalue weighted by molar-refractivity contribution is 6.25. The Hall–Kier alpha value is -0.0500. The summed E-state index contributed by atoms with van der Waals surface area (Å²) in [7, 11) is 0. The summed E-state index contributed by atoms with van der Waals surface area (Å²) in [5, 5.41) is 3.62. The molecular weight excluding hydrogens is 232 g/mol. The lowest BCUT2D eigenvalue weighted by Gasteiger charge is -2.37. The van der Waals surface area contributed by atoms with Crippen molar-refractivity contribution in [1.82, 2.24) is 10.2 Å². The second-order valence-corrected chi connectivity index (χ2v) is 6.42. The van der Waals surface area contributed by atoms with E-state index in [0.29, 0.717) is 6.04 Å². The summed E-state index contributed by atoms with van der Waals surface area (Å²) in [4.78, 5) is 2.57. The Morgan fingerprint density at radius 3 is 2.71 bits per heavy atom. The Bertz CT molecular complexity index is 255. The predicted octanol–water partition coefficient (Wildman–Crippen LogP) is 3.37. The average Bonchev–Trinajstić information content (AvgIpc) is 2.26. The first-order valence-electron chi connectivity index (χ1n) is 6.67. The van der Waals surface area contributed by atoms with E-state index in [4.69, 9.17) is 11.6 Å². The van der Waals surface area contributed by atoms with Gasteiger partial charge in [0.2, 0.25) is 0 Å². The van der Waals surface area contributed by atoms with Crippen molar-refractivity contribution in [2.24, 2.45) is 0 Å². The molecule has 1 saturated heterocycles. The fourth-order valence-electron chi connectivity index (χ4n) is 2.28. The Labute approximate surface area is 111 Å². The second-order valence-electron chi connectivity index (χ2n) is 6.21. The molecule has 0 aliphatic carbocycles. The first-order valence-corrected chi connectivity index (χ1v) is 7.11. The summed E-state index contributed by atoms with van der Waals surface area (Å²) >= 11 is 5.76. The third-order valence-corrected chi connectivity index (χ3v) is 3.63. The van der Waals surface area contributed by atoms with Crippen molar-refractivity contribution >= 4 is 11.6 Å². The molecule has 3 heteroatoms. The minimum absolute atomic E-state index is 0.209. The van der Waals surface area contributed by atoms with Crippen LogP contribution in [0.15, 0.2) is 11.1 Å². The van der Waals surface area contributed by atoms with Gasteiger partial charge < -0.3 is 5.32 Å². The van der Waals surface area contributed by atoms with Crippen LogP contribution in [0.1, 0.15) is 47.0 Å². The molecule has 1 unspecified atom stereocenters. The number of piperidine rings is 1. The van der Waals surface area contributed by atoms with Crippen LogP contribution in [0.3, 0.4) is 0 Å². The summed E-state index contributed by atoms with van der Waals surface area (Å²) in [6, 6.07) is 0.662. The standard InChI is InChI=1S/C14H27ClN2/c1-12(9-15)11-17-8-6-5-7-13(17)10-16-14(2,3)4/h9,13,16H,5-8,10-11H2,1-4H3. The molecule has 17 heavy (non-hydrogen) atoms. The van der Waals surface area contributed by atoms with E-state index in [9.17, 15) is 0 Å². The van der Waals surface area contributed by atoms with Gasteiger partial charge in [0.1, 0.15) is 0 Å². The van der Waals surface area contributed by atoms with E-state index in [1.54, 1.807) is 5.54 Å². The number of hydrogen-bond acceptors (Lipinski definition) is 2. The van der Waals surface area contributed by atoms with Gasteiger partial charge in [-0.2, -0.15) is 0 Å². The highest BCUT2D eigenvalue weighted by Gasteiger charge is 2.23. The van der Waals surface area contributed by atoms with Crippen LogP contribution in [0.5, 0.6) is 0 Å². The molecule has 1 rings (SSSR count). The third-order valence-electron chi connectivity index (χ3n) is 3.26. The number of nitrogens with one attached hydrogen (secondary N) is 1. The summed E-state index contributed by atoms with van der Waals surface area (Å²) in [5.74, 6) is 0. The highest BCUT2D eigenvalue weighted by atomic mass is 35.5. The topological polar surface area (TPSA) is 15.3 Å². The fourth-order valence-corrected chi connectivity index (χ4v) is 2.35. The first-order chi connectivity index (χ1) is 7.92. The molecule has 0 amide bonds. The van der Waals surface area contributed by atoms with Gasteiger partial charge in [0, 0.05) is 30.2 Å². The lowest BCUT2D eigenvalue weighted by molar-refractivity contribution is 0.151. The van der Waals surface area contributed by atoms with Crippen molar-refractivity contribution in [1.29, 1.82) is 0 Å². The van der Waals surface area contributed by atoms with E-state index in [1.807, 2.05) is 0 Å². The first kappa shape index (κ1) is 15.0. The van der Waals surface area contributed by atoms with E-state index in [0.717, 1.165) is 13.1 Å². The van der Waals surface area contributed by atoms with Crippen molar-refractivity contribution in [2.75, 3.05) is 19.6 Å². The van der Waals surface area contributed by atoms with E-state index in [2.05, 4.69) is 37.9 Å². The molecule has 0 radical (unpaired) electrons. The fraction of sp³-hybridized carbons (Fsp3) is 0.857. The van der Waals surface area contributed by atoms with Gasteiger partial charge in [0.25, 0.3) is 0 Å². The lowest BCUT2D eigenvalue weighted by Crippen LogP contribution is -2.49. The van der Waals surface area contributed by atoms with Crippen LogP contribution in [0.25, 0.3) is 0 Å².